The summed E-state index contributed by atoms with van der Waals surface area (Å²) in [7, 11) is 2.22. The van der Waals surface area contributed by atoms with E-state index in [1.54, 1.807) is 0 Å². The van der Waals surface area contributed by atoms with Crippen molar-refractivity contribution in [3.63, 3.8) is 0 Å². The van der Waals surface area contributed by atoms with E-state index in [0.29, 0.717) is 0 Å². The van der Waals surface area contributed by atoms with E-state index in [1.165, 1.54) is 25.9 Å². The summed E-state index contributed by atoms with van der Waals surface area (Å²) in [6.45, 7) is 7.30. The highest BCUT2D eigenvalue weighted by atomic mass is 15.1. The second kappa shape index (κ2) is 3.38. The van der Waals surface area contributed by atoms with Crippen molar-refractivity contribution in [3.8, 4) is 0 Å². The second-order valence-corrected chi connectivity index (χ2v) is 3.88. The zero-order valence-electron chi connectivity index (χ0n) is 7.43. The summed E-state index contributed by atoms with van der Waals surface area (Å²) >= 11 is 0. The van der Waals surface area contributed by atoms with Crippen LogP contribution < -0.4 is 0 Å². The molecule has 0 aliphatic carbocycles. The minimum absolute atomic E-state index is 0.897. The monoisotopic (exact) mass is 141 g/mol. The predicted molar refractivity (Wildman–Crippen MR) is 45.1 cm³/mol. The van der Waals surface area contributed by atoms with Crippen LogP contribution in [0.5, 0.6) is 0 Å². The van der Waals surface area contributed by atoms with E-state index in [4.69, 9.17) is 0 Å². The topological polar surface area (TPSA) is 3.24 Å². The van der Waals surface area contributed by atoms with Crippen molar-refractivity contribution in [2.45, 2.75) is 26.7 Å². The minimum atomic E-state index is 0.897. The van der Waals surface area contributed by atoms with Crippen LogP contribution in [0.4, 0.5) is 0 Å². The molecule has 0 amide bonds. The molecule has 0 aromatic heterocycles. The quantitative estimate of drug-likeness (QED) is 0.540. The highest BCUT2D eigenvalue weighted by Gasteiger charge is 2.18. The molecule has 1 aliphatic rings. The lowest BCUT2D eigenvalue weighted by Crippen LogP contribution is -2.32. The molecule has 1 rings (SSSR count). The standard InChI is InChI=1S/C9H19N/c1-8(2)9-4-6-10(3)7-5-9/h8-9H,4-7H2,1-3H3. The number of piperidine rings is 1. The van der Waals surface area contributed by atoms with Crippen molar-refractivity contribution < 1.29 is 0 Å². The molecular weight excluding hydrogens is 122 g/mol. The van der Waals surface area contributed by atoms with Crippen LogP contribution in [-0.4, -0.2) is 25.0 Å². The van der Waals surface area contributed by atoms with Gasteiger partial charge in [-0.25, -0.2) is 0 Å². The van der Waals surface area contributed by atoms with Gasteiger partial charge in [0.25, 0.3) is 0 Å². The van der Waals surface area contributed by atoms with Crippen LogP contribution in [0, 0.1) is 11.8 Å². The fourth-order valence-electron chi connectivity index (χ4n) is 1.70. The number of hydrogen-bond donors (Lipinski definition) is 0. The first kappa shape index (κ1) is 8.06. The maximum Gasteiger partial charge on any atom is -0.00190 e. The van der Waals surface area contributed by atoms with E-state index in [1.807, 2.05) is 0 Å². The zero-order valence-corrected chi connectivity index (χ0v) is 7.43. The molecule has 0 unspecified atom stereocenters. The third kappa shape index (κ3) is 1.98. The van der Waals surface area contributed by atoms with Crippen molar-refractivity contribution >= 4 is 0 Å². The van der Waals surface area contributed by atoms with Crippen LogP contribution >= 0.6 is 0 Å². The number of hydrogen-bond acceptors (Lipinski definition) is 1. The molecule has 0 spiro atoms. The molecule has 1 heterocycles. The summed E-state index contributed by atoms with van der Waals surface area (Å²) in [6.07, 6.45) is 2.82. The molecule has 60 valence electrons. The van der Waals surface area contributed by atoms with Gasteiger partial charge in [-0.15, -0.1) is 0 Å². The predicted octanol–water partition coefficient (Wildman–Crippen LogP) is 1.98. The Morgan fingerprint density at radius 2 is 1.70 bits per heavy atom. The number of nitrogens with zero attached hydrogens (tertiary/aromatic N) is 1. The summed E-state index contributed by atoms with van der Waals surface area (Å²) in [4.78, 5) is 2.43. The minimum Gasteiger partial charge on any atom is -0.306 e. The molecule has 0 aromatic rings. The Bertz CT molecular complexity index is 90.9. The lowest BCUT2D eigenvalue weighted by Gasteiger charge is -2.31. The Morgan fingerprint density at radius 3 is 2.10 bits per heavy atom. The summed E-state index contributed by atoms with van der Waals surface area (Å²) in [5.41, 5.74) is 0. The van der Waals surface area contributed by atoms with Crippen LogP contribution in [0.25, 0.3) is 0 Å². The van der Waals surface area contributed by atoms with Gasteiger partial charge in [-0.05, 0) is 44.8 Å². The Balaban J connectivity index is 2.26. The van der Waals surface area contributed by atoms with Gasteiger partial charge < -0.3 is 4.90 Å². The van der Waals surface area contributed by atoms with E-state index < -0.39 is 0 Å². The van der Waals surface area contributed by atoms with E-state index in [2.05, 4.69) is 25.8 Å². The molecule has 0 atom stereocenters. The van der Waals surface area contributed by atoms with Gasteiger partial charge in [-0.1, -0.05) is 13.8 Å². The van der Waals surface area contributed by atoms with Crippen molar-refractivity contribution in [2.75, 3.05) is 20.1 Å². The Morgan fingerprint density at radius 1 is 1.20 bits per heavy atom. The lowest BCUT2D eigenvalue weighted by atomic mass is 9.87. The van der Waals surface area contributed by atoms with Crippen LogP contribution in [0.1, 0.15) is 26.7 Å². The smallest absolute Gasteiger partial charge is 0.00190 e. The summed E-state index contributed by atoms with van der Waals surface area (Å²) in [5, 5.41) is 0. The maximum absolute atomic E-state index is 2.43. The van der Waals surface area contributed by atoms with Gasteiger partial charge in [0.1, 0.15) is 0 Å². The van der Waals surface area contributed by atoms with Crippen molar-refractivity contribution in [3.05, 3.63) is 0 Å². The van der Waals surface area contributed by atoms with Crippen LogP contribution in [0.2, 0.25) is 0 Å². The Hall–Kier alpha value is -0.0400. The third-order valence-corrected chi connectivity index (χ3v) is 2.71. The Labute approximate surface area is 64.4 Å². The molecule has 1 nitrogen and oxygen atoms in total. The third-order valence-electron chi connectivity index (χ3n) is 2.71. The number of likely N-dealkylation sites (tertiary alicyclic amines) is 1. The maximum atomic E-state index is 2.43. The largest absolute Gasteiger partial charge is 0.306 e. The molecule has 1 saturated heterocycles. The van der Waals surface area contributed by atoms with E-state index in [0.717, 1.165) is 11.8 Å². The molecule has 0 N–H and O–H groups in total. The molecule has 0 bridgehead atoms. The molecular formula is C9H19N. The van der Waals surface area contributed by atoms with Crippen molar-refractivity contribution in [2.24, 2.45) is 11.8 Å². The molecule has 10 heavy (non-hydrogen) atoms. The molecule has 0 radical (unpaired) electrons. The zero-order chi connectivity index (χ0) is 7.56. The van der Waals surface area contributed by atoms with Crippen LogP contribution in [0.3, 0.4) is 0 Å². The second-order valence-electron chi connectivity index (χ2n) is 3.88. The van der Waals surface area contributed by atoms with Gasteiger partial charge in [-0.3, -0.25) is 0 Å². The van der Waals surface area contributed by atoms with Crippen molar-refractivity contribution in [1.29, 1.82) is 0 Å². The van der Waals surface area contributed by atoms with Gasteiger partial charge in [0.15, 0.2) is 0 Å². The van der Waals surface area contributed by atoms with E-state index in [-0.39, 0.29) is 0 Å². The van der Waals surface area contributed by atoms with Gasteiger partial charge >= 0.3 is 0 Å². The van der Waals surface area contributed by atoms with Crippen molar-refractivity contribution in [1.82, 2.24) is 4.90 Å². The summed E-state index contributed by atoms with van der Waals surface area (Å²) in [5.74, 6) is 1.89. The first-order valence-electron chi connectivity index (χ1n) is 4.38. The van der Waals surface area contributed by atoms with Gasteiger partial charge in [0.05, 0.1) is 0 Å². The highest BCUT2D eigenvalue weighted by Crippen LogP contribution is 2.23. The molecule has 1 fully saturated rings. The average Bonchev–Trinajstić information content (AvgIpc) is 1.88. The number of rotatable bonds is 1. The van der Waals surface area contributed by atoms with Gasteiger partial charge in [-0.2, -0.15) is 0 Å². The van der Waals surface area contributed by atoms with Crippen LogP contribution in [-0.2, 0) is 0 Å². The first-order valence-corrected chi connectivity index (χ1v) is 4.38. The molecule has 1 heteroatoms. The summed E-state index contributed by atoms with van der Waals surface area (Å²) in [6, 6.07) is 0. The molecule has 0 saturated carbocycles. The summed E-state index contributed by atoms with van der Waals surface area (Å²) < 4.78 is 0. The van der Waals surface area contributed by atoms with Gasteiger partial charge in [0, 0.05) is 0 Å². The fourth-order valence-corrected chi connectivity index (χ4v) is 1.70. The fraction of sp³-hybridized carbons (Fsp3) is 1.00. The normalized spacial score (nSPS) is 24.0. The van der Waals surface area contributed by atoms with Gasteiger partial charge in [0.2, 0.25) is 0 Å². The highest BCUT2D eigenvalue weighted by molar-refractivity contribution is 4.71. The molecule has 0 aromatic carbocycles. The van der Waals surface area contributed by atoms with Crippen LogP contribution in [0.15, 0.2) is 0 Å². The SMILES string of the molecule is CC(C)C1CCN(C)CC1. The lowest BCUT2D eigenvalue weighted by molar-refractivity contribution is 0.185. The van der Waals surface area contributed by atoms with E-state index in [9.17, 15) is 0 Å². The Kier molecular flexibility index (Phi) is 2.72. The molecule has 1 aliphatic heterocycles. The van der Waals surface area contributed by atoms with E-state index >= 15 is 0 Å². The average molecular weight is 141 g/mol. The first-order chi connectivity index (χ1) is 4.70.